The summed E-state index contributed by atoms with van der Waals surface area (Å²) in [5.74, 6) is 1.03. The molecule has 4 unspecified atom stereocenters. The summed E-state index contributed by atoms with van der Waals surface area (Å²) >= 11 is 0.219. The number of fused-ring (bicyclic) bond motifs is 2. The maximum atomic E-state index is 13.2. The number of carbonyl (C=O) groups excluding carboxylic acids is 2. The maximum absolute atomic E-state index is 13.2. The Morgan fingerprint density at radius 1 is 1.19 bits per heavy atom. The number of carbonyl (C=O) groups is 2. The van der Waals surface area contributed by atoms with E-state index in [1.807, 2.05) is 30.3 Å². The molecule has 0 aliphatic heterocycles. The van der Waals surface area contributed by atoms with Crippen LogP contribution in [0.5, 0.6) is 0 Å². The molecule has 1 aromatic carbocycles. The first-order valence-corrected chi connectivity index (χ1v) is 12.3. The molecule has 0 saturated heterocycles. The number of hydrogen-bond acceptors (Lipinski definition) is 2. The topological polar surface area (TPSA) is 46.2 Å². The summed E-state index contributed by atoms with van der Waals surface area (Å²) in [7, 11) is 0. The van der Waals surface area contributed by atoms with E-state index in [0.717, 1.165) is 19.3 Å². The molecule has 0 heterocycles. The molecule has 0 aromatic heterocycles. The minimum atomic E-state index is -0.141. The third-order valence-electron chi connectivity index (χ3n) is 7.44. The van der Waals surface area contributed by atoms with E-state index in [9.17, 15) is 9.59 Å². The molecule has 2 saturated carbocycles. The molecule has 27 heavy (non-hydrogen) atoms. The van der Waals surface area contributed by atoms with Crippen molar-refractivity contribution in [3.05, 3.63) is 35.9 Å². The quantitative estimate of drug-likeness (QED) is 0.620. The monoisotopic (exact) mass is 435 g/mol. The van der Waals surface area contributed by atoms with Crippen LogP contribution in [0.3, 0.4) is 0 Å². The van der Waals surface area contributed by atoms with Crippen LogP contribution >= 0.6 is 0 Å². The predicted molar refractivity (Wildman–Crippen MR) is 111 cm³/mol. The molecule has 3 nitrogen and oxygen atoms in total. The van der Waals surface area contributed by atoms with Gasteiger partial charge in [-0.3, -0.25) is 0 Å². The van der Waals surface area contributed by atoms with E-state index >= 15 is 0 Å². The van der Waals surface area contributed by atoms with Crippen molar-refractivity contribution in [2.75, 3.05) is 0 Å². The van der Waals surface area contributed by atoms with Gasteiger partial charge in [0.2, 0.25) is 0 Å². The third-order valence-corrected chi connectivity index (χ3v) is 11.3. The Labute approximate surface area is 170 Å². The van der Waals surface area contributed by atoms with Gasteiger partial charge in [0.15, 0.2) is 0 Å². The summed E-state index contributed by atoms with van der Waals surface area (Å²) in [6, 6.07) is 9.58. The normalized spacial score (nSPS) is 30.9. The second-order valence-electron chi connectivity index (χ2n) is 8.92. The van der Waals surface area contributed by atoms with E-state index in [4.69, 9.17) is 0 Å². The molecule has 2 aliphatic rings. The molecule has 148 valence electrons. The molecule has 4 heteroatoms. The van der Waals surface area contributed by atoms with Crippen molar-refractivity contribution in [2.24, 2.45) is 16.7 Å². The molecule has 2 bridgehead atoms. The van der Waals surface area contributed by atoms with Crippen LogP contribution in [0.1, 0.15) is 70.7 Å². The Hall–Kier alpha value is -1.12. The van der Waals surface area contributed by atoms with E-state index in [2.05, 4.69) is 39.9 Å². The van der Waals surface area contributed by atoms with E-state index in [1.165, 1.54) is 6.42 Å². The van der Waals surface area contributed by atoms with Gasteiger partial charge >= 0.3 is 170 Å². The standard InChI is InChI=1S/C23H33NO2Se/c1-6-17(24-21(26)15-11-9-8-10-12-15)18(7-2)27-19-16-13-14-23(5,20(19)25)22(16,3)4/h8-12,16-19H,6-7,13-14H2,1-5H3,(H,24,26)/t16?,17?,18-,19?,23?/m1/s1. The van der Waals surface area contributed by atoms with Gasteiger partial charge < -0.3 is 0 Å². The molecule has 0 spiro atoms. The fourth-order valence-electron chi connectivity index (χ4n) is 5.12. The number of ketones is 1. The molecule has 2 aliphatic carbocycles. The molecular weight excluding hydrogens is 401 g/mol. The Bertz CT molecular complexity index is 702. The number of Topliss-reactive ketones (excluding diaryl/α,β-unsaturated/α-hetero) is 1. The van der Waals surface area contributed by atoms with Crippen molar-refractivity contribution in [2.45, 2.75) is 76.0 Å². The summed E-state index contributed by atoms with van der Waals surface area (Å²) in [4.78, 5) is 26.5. The number of benzene rings is 1. The van der Waals surface area contributed by atoms with Crippen molar-refractivity contribution in [1.82, 2.24) is 5.32 Å². The fourth-order valence-corrected chi connectivity index (χ4v) is 9.46. The van der Waals surface area contributed by atoms with Crippen LogP contribution in [0.4, 0.5) is 0 Å². The molecule has 1 aromatic rings. The van der Waals surface area contributed by atoms with Gasteiger partial charge in [-0.05, 0) is 0 Å². The van der Waals surface area contributed by atoms with Crippen molar-refractivity contribution >= 4 is 26.6 Å². The van der Waals surface area contributed by atoms with E-state index in [0.29, 0.717) is 22.1 Å². The van der Waals surface area contributed by atoms with Crippen LogP contribution in [0.25, 0.3) is 0 Å². The zero-order chi connectivity index (χ0) is 19.8. The van der Waals surface area contributed by atoms with Gasteiger partial charge in [-0.1, -0.05) is 0 Å². The summed E-state index contributed by atoms with van der Waals surface area (Å²) < 4.78 is 0. The molecule has 1 amide bonds. The molecular formula is C23H33NO2Se. The molecule has 3 rings (SSSR count). The third kappa shape index (κ3) is 3.40. The minimum absolute atomic E-state index is 0.00302. The number of rotatable bonds is 7. The first-order valence-electron chi connectivity index (χ1n) is 10.3. The van der Waals surface area contributed by atoms with Gasteiger partial charge in [-0.2, -0.15) is 0 Å². The summed E-state index contributed by atoms with van der Waals surface area (Å²) in [5.41, 5.74) is 0.684. The van der Waals surface area contributed by atoms with Crippen LogP contribution in [-0.4, -0.2) is 32.7 Å². The second kappa shape index (κ2) is 7.72. The van der Waals surface area contributed by atoms with Crippen LogP contribution in [0.2, 0.25) is 9.63 Å². The first kappa shape index (κ1) is 20.6. The SMILES string of the molecule is CCC(NC(=O)c1ccccc1)[C@@H](CC)[Se]C1C(=O)C2(C)CCC1C2(C)C. The first-order chi connectivity index (χ1) is 12.8. The van der Waals surface area contributed by atoms with E-state index < -0.39 is 0 Å². The fraction of sp³-hybridized carbons (Fsp3) is 0.652. The van der Waals surface area contributed by atoms with Crippen LogP contribution in [0, 0.1) is 16.7 Å². The summed E-state index contributed by atoms with van der Waals surface area (Å²) in [6.07, 6.45) is 4.16. The van der Waals surface area contributed by atoms with Crippen molar-refractivity contribution in [3.8, 4) is 0 Å². The van der Waals surface area contributed by atoms with Crippen LogP contribution in [-0.2, 0) is 4.79 Å². The molecule has 2 fully saturated rings. The van der Waals surface area contributed by atoms with Crippen molar-refractivity contribution < 1.29 is 9.59 Å². The second-order valence-corrected chi connectivity index (χ2v) is 11.8. The van der Waals surface area contributed by atoms with Crippen molar-refractivity contribution in [3.63, 3.8) is 0 Å². The predicted octanol–water partition coefficient (Wildman–Crippen LogP) is 4.91. The Balaban J connectivity index is 1.73. The van der Waals surface area contributed by atoms with Crippen LogP contribution < -0.4 is 5.32 Å². The molecule has 1 N–H and O–H groups in total. The van der Waals surface area contributed by atoms with E-state index in [1.54, 1.807) is 0 Å². The molecule has 5 atom stereocenters. The zero-order valence-corrected chi connectivity index (χ0v) is 19.0. The van der Waals surface area contributed by atoms with Gasteiger partial charge in [-0.25, -0.2) is 0 Å². The van der Waals surface area contributed by atoms with Crippen LogP contribution in [0.15, 0.2) is 30.3 Å². The van der Waals surface area contributed by atoms with E-state index in [-0.39, 0.29) is 42.6 Å². The summed E-state index contributed by atoms with van der Waals surface area (Å²) in [5, 5.41) is 3.26. The zero-order valence-electron chi connectivity index (χ0n) is 17.2. The number of hydrogen-bond donors (Lipinski definition) is 1. The molecule has 0 radical (unpaired) electrons. The Morgan fingerprint density at radius 2 is 1.85 bits per heavy atom. The summed E-state index contributed by atoms with van der Waals surface area (Å²) in [6.45, 7) is 11.1. The van der Waals surface area contributed by atoms with Gasteiger partial charge in [0, 0.05) is 0 Å². The number of nitrogens with one attached hydrogen (secondary N) is 1. The van der Waals surface area contributed by atoms with Gasteiger partial charge in [0.1, 0.15) is 0 Å². The van der Waals surface area contributed by atoms with Gasteiger partial charge in [0.25, 0.3) is 0 Å². The number of amides is 1. The van der Waals surface area contributed by atoms with Crippen molar-refractivity contribution in [1.29, 1.82) is 0 Å². The van der Waals surface area contributed by atoms with Gasteiger partial charge in [0.05, 0.1) is 0 Å². The average molecular weight is 434 g/mol. The Morgan fingerprint density at radius 3 is 2.37 bits per heavy atom. The Kier molecular flexibility index (Phi) is 5.89. The average Bonchev–Trinajstić information content (AvgIpc) is 2.98. The van der Waals surface area contributed by atoms with Gasteiger partial charge in [-0.15, -0.1) is 0 Å².